The van der Waals surface area contributed by atoms with Gasteiger partial charge in [0.1, 0.15) is 17.5 Å². The number of nitrogens with one attached hydrogen (secondary N) is 1. The molecule has 0 saturated carbocycles. The quantitative estimate of drug-likeness (QED) is 0.772. The molecule has 0 amide bonds. The van der Waals surface area contributed by atoms with Crippen LogP contribution >= 0.6 is 11.5 Å². The number of hydrogen-bond donors (Lipinski definition) is 1. The van der Waals surface area contributed by atoms with Gasteiger partial charge in [0.15, 0.2) is 0 Å². The Hall–Kier alpha value is -2.34. The van der Waals surface area contributed by atoms with Gasteiger partial charge >= 0.3 is 0 Å². The Labute approximate surface area is 130 Å². The van der Waals surface area contributed by atoms with Crippen molar-refractivity contribution in [1.29, 1.82) is 0 Å². The molecule has 2 aromatic carbocycles. The Kier molecular flexibility index (Phi) is 4.39. The van der Waals surface area contributed by atoms with Crippen LogP contribution < -0.4 is 5.32 Å². The number of nitrogens with zero attached hydrogens (tertiary/aromatic N) is 2. The summed E-state index contributed by atoms with van der Waals surface area (Å²) in [6.07, 6.45) is 0.564. The Balaban J connectivity index is 1.59. The largest absolute Gasteiger partial charge is 0.356 e. The predicted molar refractivity (Wildman–Crippen MR) is 82.8 cm³/mol. The fraction of sp³-hybridized carbons (Fsp3) is 0.125. The van der Waals surface area contributed by atoms with Crippen molar-refractivity contribution in [2.45, 2.75) is 13.0 Å². The second-order valence-corrected chi connectivity index (χ2v) is 5.55. The third-order valence-electron chi connectivity index (χ3n) is 3.10. The molecular formula is C16H13F2N3S. The van der Waals surface area contributed by atoms with Crippen LogP contribution in [0.5, 0.6) is 0 Å². The fourth-order valence-corrected chi connectivity index (χ4v) is 2.54. The van der Waals surface area contributed by atoms with Crippen LogP contribution in [0.1, 0.15) is 17.0 Å². The van der Waals surface area contributed by atoms with Gasteiger partial charge < -0.3 is 5.32 Å². The van der Waals surface area contributed by atoms with E-state index in [1.165, 1.54) is 35.8 Å². The van der Waals surface area contributed by atoms with Crippen molar-refractivity contribution in [3.63, 3.8) is 0 Å². The fourth-order valence-electron chi connectivity index (χ4n) is 1.96. The van der Waals surface area contributed by atoms with Crippen LogP contribution in [0.4, 0.5) is 13.9 Å². The number of halogens is 2. The van der Waals surface area contributed by atoms with E-state index in [1.54, 1.807) is 24.3 Å². The number of rotatable bonds is 5. The van der Waals surface area contributed by atoms with Gasteiger partial charge in [0, 0.05) is 24.5 Å². The summed E-state index contributed by atoms with van der Waals surface area (Å²) in [5.74, 6) is 0.191. The van der Waals surface area contributed by atoms with Gasteiger partial charge in [-0.3, -0.25) is 0 Å². The molecule has 0 saturated heterocycles. The lowest BCUT2D eigenvalue weighted by molar-refractivity contribution is 0.626. The summed E-state index contributed by atoms with van der Waals surface area (Å²) in [6.45, 7) is 0.561. The van der Waals surface area contributed by atoms with E-state index >= 15 is 0 Å². The van der Waals surface area contributed by atoms with Crippen LogP contribution in [-0.2, 0) is 13.0 Å². The van der Waals surface area contributed by atoms with E-state index in [0.29, 0.717) is 23.9 Å². The van der Waals surface area contributed by atoms with E-state index in [0.717, 1.165) is 11.1 Å². The van der Waals surface area contributed by atoms with Crippen molar-refractivity contribution in [2.75, 3.05) is 5.32 Å². The van der Waals surface area contributed by atoms with Crippen molar-refractivity contribution < 1.29 is 8.78 Å². The van der Waals surface area contributed by atoms with Crippen molar-refractivity contribution in [3.8, 4) is 0 Å². The lowest BCUT2D eigenvalue weighted by Gasteiger charge is -2.01. The van der Waals surface area contributed by atoms with E-state index in [1.807, 2.05) is 0 Å². The van der Waals surface area contributed by atoms with Crippen LogP contribution in [0.25, 0.3) is 0 Å². The summed E-state index contributed by atoms with van der Waals surface area (Å²) in [5.41, 5.74) is 1.93. The predicted octanol–water partition coefficient (Wildman–Crippen LogP) is 4.02. The molecule has 3 aromatic rings. The smallest absolute Gasteiger partial charge is 0.202 e. The van der Waals surface area contributed by atoms with Gasteiger partial charge in [-0.05, 0) is 35.4 Å². The molecule has 1 aromatic heterocycles. The molecule has 22 heavy (non-hydrogen) atoms. The minimum Gasteiger partial charge on any atom is -0.356 e. The second kappa shape index (κ2) is 6.62. The number of hydrogen-bond acceptors (Lipinski definition) is 4. The second-order valence-electron chi connectivity index (χ2n) is 4.80. The average Bonchev–Trinajstić information content (AvgIpc) is 2.97. The molecule has 3 rings (SSSR count). The van der Waals surface area contributed by atoms with Crippen LogP contribution in [0, 0.1) is 11.6 Å². The molecule has 112 valence electrons. The molecule has 0 fully saturated rings. The SMILES string of the molecule is Fc1ccc(CNc2nc(Cc3ccc(F)cc3)ns2)cc1. The Morgan fingerprint density at radius 1 is 0.864 bits per heavy atom. The number of anilines is 1. The van der Waals surface area contributed by atoms with Crippen molar-refractivity contribution in [3.05, 3.63) is 77.1 Å². The first-order chi connectivity index (χ1) is 10.7. The van der Waals surface area contributed by atoms with Gasteiger partial charge in [-0.1, -0.05) is 24.3 Å². The van der Waals surface area contributed by atoms with Gasteiger partial charge in [0.2, 0.25) is 5.13 Å². The summed E-state index contributed by atoms with van der Waals surface area (Å²) < 4.78 is 29.9. The van der Waals surface area contributed by atoms with Gasteiger partial charge in [0.05, 0.1) is 0 Å². The minimum atomic E-state index is -0.253. The number of aromatic nitrogens is 2. The van der Waals surface area contributed by atoms with Gasteiger partial charge in [-0.2, -0.15) is 4.37 Å². The third-order valence-corrected chi connectivity index (χ3v) is 3.81. The lowest BCUT2D eigenvalue weighted by atomic mass is 10.1. The maximum atomic E-state index is 12.9. The van der Waals surface area contributed by atoms with Gasteiger partial charge in [0.25, 0.3) is 0 Å². The van der Waals surface area contributed by atoms with Gasteiger partial charge in [-0.15, -0.1) is 0 Å². The summed E-state index contributed by atoms with van der Waals surface area (Å²) in [4.78, 5) is 4.39. The Bertz CT molecular complexity index is 739. The molecule has 0 spiro atoms. The molecule has 0 aliphatic carbocycles. The van der Waals surface area contributed by atoms with Crippen LogP contribution in [-0.4, -0.2) is 9.36 Å². The third kappa shape index (κ3) is 3.85. The molecule has 0 aliphatic heterocycles. The molecule has 0 radical (unpaired) electrons. The summed E-state index contributed by atoms with van der Waals surface area (Å²) in [6, 6.07) is 12.6. The molecule has 0 atom stereocenters. The normalized spacial score (nSPS) is 10.6. The molecule has 0 unspecified atom stereocenters. The molecule has 0 bridgehead atoms. The monoisotopic (exact) mass is 317 g/mol. The highest BCUT2D eigenvalue weighted by Gasteiger charge is 2.05. The van der Waals surface area contributed by atoms with Crippen molar-refractivity contribution in [1.82, 2.24) is 9.36 Å². The van der Waals surface area contributed by atoms with Crippen LogP contribution in [0.3, 0.4) is 0 Å². The highest BCUT2D eigenvalue weighted by atomic mass is 32.1. The summed E-state index contributed by atoms with van der Waals surface area (Å²) in [5, 5.41) is 3.87. The highest BCUT2D eigenvalue weighted by Crippen LogP contribution is 2.15. The first-order valence-electron chi connectivity index (χ1n) is 6.74. The first kappa shape index (κ1) is 14.6. The highest BCUT2D eigenvalue weighted by molar-refractivity contribution is 7.09. The molecule has 6 heteroatoms. The standard InChI is InChI=1S/C16H13F2N3S/c17-13-5-1-11(2-6-13)9-15-20-16(22-21-15)19-10-12-3-7-14(18)8-4-12/h1-8H,9-10H2,(H,19,20,21). The zero-order valence-corrected chi connectivity index (χ0v) is 12.4. The van der Waals surface area contributed by atoms with E-state index in [-0.39, 0.29) is 11.6 Å². The van der Waals surface area contributed by atoms with Crippen molar-refractivity contribution in [2.24, 2.45) is 0 Å². The maximum absolute atomic E-state index is 12.9. The van der Waals surface area contributed by atoms with Crippen molar-refractivity contribution >= 4 is 16.7 Å². The lowest BCUT2D eigenvalue weighted by Crippen LogP contribution is -1.99. The van der Waals surface area contributed by atoms with Crippen LogP contribution in [0.15, 0.2) is 48.5 Å². The molecule has 1 N–H and O–H groups in total. The number of benzene rings is 2. The molecule has 0 aliphatic rings. The van der Waals surface area contributed by atoms with Crippen LogP contribution in [0.2, 0.25) is 0 Å². The van der Waals surface area contributed by atoms with E-state index in [4.69, 9.17) is 0 Å². The Morgan fingerprint density at radius 3 is 2.09 bits per heavy atom. The average molecular weight is 317 g/mol. The zero-order chi connectivity index (χ0) is 15.4. The zero-order valence-electron chi connectivity index (χ0n) is 11.6. The molecule has 1 heterocycles. The van der Waals surface area contributed by atoms with E-state index < -0.39 is 0 Å². The van der Waals surface area contributed by atoms with E-state index in [2.05, 4.69) is 14.7 Å². The summed E-state index contributed by atoms with van der Waals surface area (Å²) in [7, 11) is 0. The van der Waals surface area contributed by atoms with E-state index in [9.17, 15) is 8.78 Å². The molecular weight excluding hydrogens is 304 g/mol. The maximum Gasteiger partial charge on any atom is 0.202 e. The first-order valence-corrected chi connectivity index (χ1v) is 7.52. The molecule has 3 nitrogen and oxygen atoms in total. The van der Waals surface area contributed by atoms with Gasteiger partial charge in [-0.25, -0.2) is 13.8 Å². The topological polar surface area (TPSA) is 37.8 Å². The minimum absolute atomic E-state index is 0.249. The summed E-state index contributed by atoms with van der Waals surface area (Å²) >= 11 is 1.27. The Morgan fingerprint density at radius 2 is 1.45 bits per heavy atom.